The second-order valence-electron chi connectivity index (χ2n) is 11.5. The smallest absolute Gasteiger partial charge is 0.262 e. The number of imide groups is 2. The molecular weight excluding hydrogens is 581 g/mol. The van der Waals surface area contributed by atoms with Crippen molar-refractivity contribution >= 4 is 46.6 Å². The topological polar surface area (TPSA) is 138 Å². The molecule has 3 aliphatic rings. The van der Waals surface area contributed by atoms with Crippen LogP contribution in [0, 0.1) is 30.1 Å². The zero-order chi connectivity index (χ0) is 32.0. The van der Waals surface area contributed by atoms with Crippen LogP contribution in [0.4, 0.5) is 21.5 Å². The fourth-order valence-electron chi connectivity index (χ4n) is 5.38. The van der Waals surface area contributed by atoms with E-state index in [0.717, 1.165) is 16.7 Å². The third-order valence-corrected chi connectivity index (χ3v) is 8.13. The Morgan fingerprint density at radius 1 is 1.11 bits per heavy atom. The summed E-state index contributed by atoms with van der Waals surface area (Å²) in [7, 11) is 0. The maximum Gasteiger partial charge on any atom is 0.262 e. The average molecular weight is 608 g/mol. The molecule has 12 nitrogen and oxygen atoms in total. The van der Waals surface area contributed by atoms with Crippen LogP contribution in [-0.4, -0.2) is 63.3 Å². The van der Waals surface area contributed by atoms with Gasteiger partial charge in [0.05, 0.1) is 35.4 Å². The van der Waals surface area contributed by atoms with Gasteiger partial charge in [-0.25, -0.2) is 9.24 Å². The number of amides is 5. The van der Waals surface area contributed by atoms with Gasteiger partial charge in [0, 0.05) is 37.1 Å². The van der Waals surface area contributed by atoms with Crippen LogP contribution in [0.15, 0.2) is 48.8 Å². The molecule has 0 aliphatic carbocycles. The summed E-state index contributed by atoms with van der Waals surface area (Å²) in [6.07, 6.45) is 3.37. The second-order valence-corrected chi connectivity index (χ2v) is 11.5. The SMILES string of the molecule is [C-]#[N+]c1ccc(NC(=O)C(C)(C)n2cc(C#CC3CN(c4ccc5c(c4)C(=O)N(C4CCC(=O)NC4=O)C5=O)C3)cn2)cc1F. The van der Waals surface area contributed by atoms with Gasteiger partial charge in [-0.05, 0) is 50.6 Å². The predicted molar refractivity (Wildman–Crippen MR) is 159 cm³/mol. The number of hydrogen-bond acceptors (Lipinski definition) is 7. The Kier molecular flexibility index (Phi) is 7.17. The number of rotatable bonds is 5. The molecule has 2 N–H and O–H groups in total. The Hall–Kier alpha value is -5.82. The number of carbonyl (C=O) groups is 5. The van der Waals surface area contributed by atoms with E-state index in [9.17, 15) is 28.4 Å². The van der Waals surface area contributed by atoms with E-state index in [1.807, 2.05) is 4.90 Å². The highest BCUT2D eigenvalue weighted by molar-refractivity contribution is 6.23. The van der Waals surface area contributed by atoms with Gasteiger partial charge in [-0.1, -0.05) is 17.9 Å². The number of benzene rings is 2. The molecular formula is C32H26FN7O5. The fraction of sp³-hybridized carbons (Fsp3) is 0.281. The zero-order valence-electron chi connectivity index (χ0n) is 24.3. The fourth-order valence-corrected chi connectivity index (χ4v) is 5.38. The van der Waals surface area contributed by atoms with E-state index < -0.39 is 46.9 Å². The number of anilines is 2. The number of aromatic nitrogens is 2. The molecule has 3 aliphatic heterocycles. The normalized spacial score (nSPS) is 18.0. The van der Waals surface area contributed by atoms with Crippen LogP contribution in [0.3, 0.4) is 0 Å². The van der Waals surface area contributed by atoms with Gasteiger partial charge >= 0.3 is 0 Å². The predicted octanol–water partition coefficient (Wildman–Crippen LogP) is 2.84. The first-order valence-corrected chi connectivity index (χ1v) is 14.1. The molecule has 1 unspecified atom stereocenters. The molecule has 5 amide bonds. The van der Waals surface area contributed by atoms with E-state index >= 15 is 0 Å². The summed E-state index contributed by atoms with van der Waals surface area (Å²) in [4.78, 5) is 68.9. The average Bonchev–Trinajstić information content (AvgIpc) is 3.56. The Bertz CT molecular complexity index is 1910. The lowest BCUT2D eigenvalue weighted by molar-refractivity contribution is -0.136. The van der Waals surface area contributed by atoms with Crippen molar-refractivity contribution in [3.63, 3.8) is 0 Å². The highest BCUT2D eigenvalue weighted by Gasteiger charge is 2.45. The molecule has 0 radical (unpaired) electrons. The van der Waals surface area contributed by atoms with Gasteiger partial charge in [0.1, 0.15) is 17.4 Å². The minimum atomic E-state index is -1.12. The summed E-state index contributed by atoms with van der Waals surface area (Å²) in [5.74, 6) is 3.00. The lowest BCUT2D eigenvalue weighted by Gasteiger charge is -2.38. The van der Waals surface area contributed by atoms with Gasteiger partial charge in [0.25, 0.3) is 17.7 Å². The van der Waals surface area contributed by atoms with Crippen molar-refractivity contribution in [2.45, 2.75) is 38.3 Å². The molecule has 4 heterocycles. The highest BCUT2D eigenvalue weighted by Crippen LogP contribution is 2.33. The molecule has 2 saturated heterocycles. The van der Waals surface area contributed by atoms with Crippen molar-refractivity contribution < 1.29 is 28.4 Å². The molecule has 6 rings (SSSR count). The van der Waals surface area contributed by atoms with Crippen LogP contribution in [-0.2, 0) is 19.9 Å². The van der Waals surface area contributed by atoms with E-state index in [0.29, 0.717) is 18.7 Å². The first kappa shape index (κ1) is 29.3. The minimum Gasteiger partial charge on any atom is -0.369 e. The first-order valence-electron chi connectivity index (χ1n) is 14.1. The molecule has 226 valence electrons. The summed E-state index contributed by atoms with van der Waals surface area (Å²) in [5, 5.41) is 9.15. The van der Waals surface area contributed by atoms with E-state index in [1.165, 1.54) is 16.8 Å². The summed E-state index contributed by atoms with van der Waals surface area (Å²) in [6.45, 7) is 11.5. The number of halogens is 1. The van der Waals surface area contributed by atoms with Gasteiger partial charge < -0.3 is 10.2 Å². The summed E-state index contributed by atoms with van der Waals surface area (Å²) < 4.78 is 15.4. The standard InChI is InChI=1S/C32H26FN7O5/c1-32(2,31(45)36-20-6-9-25(34-3)24(33)12-20)39-17-18(14-35-39)4-5-19-15-38(16-19)21-7-8-22-23(13-21)30(44)40(29(22)43)26-10-11-27(41)37-28(26)42/h6-9,12-14,17,19,26H,10-11,15-16H2,1-2H3,(H,36,45)(H,37,41,42). The monoisotopic (exact) mass is 607 g/mol. The quantitative estimate of drug-likeness (QED) is 0.259. The number of hydrogen-bond donors (Lipinski definition) is 2. The van der Waals surface area contributed by atoms with Crippen molar-refractivity contribution in [1.29, 1.82) is 0 Å². The van der Waals surface area contributed by atoms with Gasteiger partial charge in [-0.2, -0.15) is 5.10 Å². The molecule has 1 aromatic heterocycles. The summed E-state index contributed by atoms with van der Waals surface area (Å²) >= 11 is 0. The van der Waals surface area contributed by atoms with Crippen LogP contribution in [0.5, 0.6) is 0 Å². The van der Waals surface area contributed by atoms with Crippen molar-refractivity contribution in [2.24, 2.45) is 5.92 Å². The molecule has 1 atom stereocenters. The number of nitrogens with one attached hydrogen (secondary N) is 2. The number of fused-ring (bicyclic) bond motifs is 1. The zero-order valence-corrected chi connectivity index (χ0v) is 24.3. The van der Waals surface area contributed by atoms with E-state index in [4.69, 9.17) is 6.57 Å². The molecule has 0 spiro atoms. The van der Waals surface area contributed by atoms with Gasteiger partial charge in [0.15, 0.2) is 0 Å². The molecule has 2 fully saturated rings. The minimum absolute atomic E-state index is 0.0311. The van der Waals surface area contributed by atoms with Gasteiger partial charge in [0.2, 0.25) is 17.5 Å². The summed E-state index contributed by atoms with van der Waals surface area (Å²) in [5.41, 5.74) is 0.784. The molecule has 45 heavy (non-hydrogen) atoms. The van der Waals surface area contributed by atoms with Crippen LogP contribution in [0.2, 0.25) is 0 Å². The molecule has 2 aromatic carbocycles. The maximum absolute atomic E-state index is 14.0. The van der Waals surface area contributed by atoms with Gasteiger partial charge in [-0.3, -0.25) is 38.9 Å². The lowest BCUT2D eigenvalue weighted by Crippen LogP contribution is -2.54. The third kappa shape index (κ3) is 5.29. The lowest BCUT2D eigenvalue weighted by atomic mass is 9.98. The van der Waals surface area contributed by atoms with Crippen molar-refractivity contribution in [1.82, 2.24) is 20.0 Å². The number of nitrogens with zero attached hydrogens (tertiary/aromatic N) is 5. The second kappa shape index (κ2) is 11.0. The van der Waals surface area contributed by atoms with Crippen LogP contribution < -0.4 is 15.5 Å². The molecule has 13 heteroatoms. The highest BCUT2D eigenvalue weighted by atomic mass is 19.1. The maximum atomic E-state index is 14.0. The summed E-state index contributed by atoms with van der Waals surface area (Å²) in [6, 6.07) is 7.83. The largest absolute Gasteiger partial charge is 0.369 e. The molecule has 0 saturated carbocycles. The van der Waals surface area contributed by atoms with E-state index in [-0.39, 0.29) is 41.3 Å². The first-order chi connectivity index (χ1) is 21.5. The third-order valence-electron chi connectivity index (χ3n) is 8.13. The number of carbonyl (C=O) groups excluding carboxylic acids is 5. The van der Waals surface area contributed by atoms with E-state index in [2.05, 4.69) is 32.4 Å². The molecule has 0 bridgehead atoms. The van der Waals surface area contributed by atoms with Crippen LogP contribution in [0.25, 0.3) is 4.85 Å². The van der Waals surface area contributed by atoms with Crippen LogP contribution in [0.1, 0.15) is 53.0 Å². The van der Waals surface area contributed by atoms with Gasteiger partial charge in [-0.15, -0.1) is 0 Å². The Morgan fingerprint density at radius 2 is 1.87 bits per heavy atom. The van der Waals surface area contributed by atoms with Crippen molar-refractivity contribution in [3.05, 3.63) is 82.7 Å². The Balaban J connectivity index is 1.07. The Morgan fingerprint density at radius 3 is 2.58 bits per heavy atom. The molecule has 3 aromatic rings. The van der Waals surface area contributed by atoms with Crippen molar-refractivity contribution in [2.75, 3.05) is 23.3 Å². The van der Waals surface area contributed by atoms with E-state index in [1.54, 1.807) is 44.4 Å². The Labute approximate surface area is 257 Å². The van der Waals surface area contributed by atoms with Crippen LogP contribution >= 0.6 is 0 Å². The van der Waals surface area contributed by atoms with Crippen molar-refractivity contribution in [3.8, 4) is 11.8 Å². The number of piperidine rings is 1.